The highest BCUT2D eigenvalue weighted by atomic mass is 35.5. The first-order chi connectivity index (χ1) is 11.1. The largest absolute Gasteiger partial charge is 0.494 e. The number of amides is 1. The normalized spacial score (nSPS) is 11.7. The van der Waals surface area contributed by atoms with E-state index in [0.29, 0.717) is 10.4 Å². The number of fused-ring (bicyclic) bond motifs is 1. The van der Waals surface area contributed by atoms with Gasteiger partial charge in [0.15, 0.2) is 11.8 Å². The molecule has 0 spiro atoms. The number of aromatic hydroxyl groups is 1. The Balaban J connectivity index is 2.53. The first kappa shape index (κ1) is 17.9. The molecule has 0 atom stereocenters. The molecule has 2 rings (SSSR count). The SMILES string of the molecule is NC(N)=NC(=O)Cc1c2cc(Cl)ccc2c(O)n1CCC(F)(F)F. The van der Waals surface area contributed by atoms with E-state index >= 15 is 0 Å². The van der Waals surface area contributed by atoms with Crippen molar-refractivity contribution in [2.75, 3.05) is 0 Å². The molecule has 5 N–H and O–H groups in total. The Morgan fingerprint density at radius 3 is 2.54 bits per heavy atom. The molecule has 0 aliphatic heterocycles. The number of aliphatic imine (C=N–C) groups is 1. The van der Waals surface area contributed by atoms with Crippen molar-refractivity contribution >= 4 is 34.2 Å². The zero-order chi connectivity index (χ0) is 18.1. The molecule has 1 aromatic heterocycles. The third-order valence-electron chi connectivity index (χ3n) is 3.31. The summed E-state index contributed by atoms with van der Waals surface area (Å²) in [6, 6.07) is 4.41. The van der Waals surface area contributed by atoms with Crippen LogP contribution in [0.15, 0.2) is 23.2 Å². The van der Waals surface area contributed by atoms with Crippen LogP contribution in [0.4, 0.5) is 13.2 Å². The first-order valence-electron chi connectivity index (χ1n) is 6.77. The Bertz CT molecular complexity index is 810. The summed E-state index contributed by atoms with van der Waals surface area (Å²) in [7, 11) is 0. The van der Waals surface area contributed by atoms with Gasteiger partial charge in [0.2, 0.25) is 0 Å². The van der Waals surface area contributed by atoms with Crippen molar-refractivity contribution in [3.8, 4) is 5.88 Å². The molecule has 0 radical (unpaired) electrons. The van der Waals surface area contributed by atoms with E-state index in [1.807, 2.05) is 0 Å². The molecule has 10 heteroatoms. The number of nitrogens with two attached hydrogens (primary N) is 2. The Morgan fingerprint density at radius 1 is 1.29 bits per heavy atom. The second-order valence-corrected chi connectivity index (χ2v) is 5.52. The zero-order valence-corrected chi connectivity index (χ0v) is 13.0. The van der Waals surface area contributed by atoms with Gasteiger partial charge in [-0.1, -0.05) is 11.6 Å². The van der Waals surface area contributed by atoms with Gasteiger partial charge in [-0.2, -0.15) is 18.2 Å². The van der Waals surface area contributed by atoms with E-state index in [9.17, 15) is 23.1 Å². The number of carbonyl (C=O) groups excluding carboxylic acids is 1. The second-order valence-electron chi connectivity index (χ2n) is 5.08. The Labute approximate surface area is 139 Å². The van der Waals surface area contributed by atoms with Crippen molar-refractivity contribution in [1.29, 1.82) is 0 Å². The lowest BCUT2D eigenvalue weighted by atomic mass is 10.1. The average molecular weight is 363 g/mol. The number of carbonyl (C=O) groups is 1. The van der Waals surface area contributed by atoms with Crippen molar-refractivity contribution in [1.82, 2.24) is 4.57 Å². The van der Waals surface area contributed by atoms with Crippen LogP contribution >= 0.6 is 11.6 Å². The van der Waals surface area contributed by atoms with Crippen molar-refractivity contribution < 1.29 is 23.1 Å². The molecule has 1 aromatic carbocycles. The van der Waals surface area contributed by atoms with Crippen molar-refractivity contribution in [2.24, 2.45) is 16.5 Å². The number of hydrogen-bond donors (Lipinski definition) is 3. The fraction of sp³-hybridized carbons (Fsp3) is 0.286. The van der Waals surface area contributed by atoms with Gasteiger partial charge in [0.1, 0.15) is 0 Å². The van der Waals surface area contributed by atoms with Crippen LogP contribution in [0, 0.1) is 0 Å². The predicted octanol–water partition coefficient (Wildman–Crippen LogP) is 2.30. The number of halogens is 4. The molecule has 130 valence electrons. The van der Waals surface area contributed by atoms with Crippen LogP contribution in [0.1, 0.15) is 12.1 Å². The van der Waals surface area contributed by atoms with Crippen LogP contribution in [0.2, 0.25) is 5.02 Å². The highest BCUT2D eigenvalue weighted by Gasteiger charge is 2.28. The van der Waals surface area contributed by atoms with Gasteiger partial charge in [0, 0.05) is 28.0 Å². The van der Waals surface area contributed by atoms with E-state index in [0.717, 1.165) is 4.57 Å². The van der Waals surface area contributed by atoms with Crippen LogP contribution in [-0.2, 0) is 17.8 Å². The quantitative estimate of drug-likeness (QED) is 0.573. The highest BCUT2D eigenvalue weighted by molar-refractivity contribution is 6.31. The Morgan fingerprint density at radius 2 is 1.96 bits per heavy atom. The molecule has 0 bridgehead atoms. The minimum Gasteiger partial charge on any atom is -0.494 e. The number of guanidine groups is 1. The summed E-state index contributed by atoms with van der Waals surface area (Å²) in [5, 5.41) is 11.2. The first-order valence-corrected chi connectivity index (χ1v) is 7.15. The zero-order valence-electron chi connectivity index (χ0n) is 12.3. The van der Waals surface area contributed by atoms with Crippen LogP contribution in [0.25, 0.3) is 10.8 Å². The minimum absolute atomic E-state index is 0.157. The smallest absolute Gasteiger partial charge is 0.390 e. The van der Waals surface area contributed by atoms with Gasteiger partial charge in [-0.25, -0.2) is 0 Å². The molecule has 6 nitrogen and oxygen atoms in total. The molecule has 1 heterocycles. The third kappa shape index (κ3) is 4.10. The monoisotopic (exact) mass is 362 g/mol. The number of benzene rings is 1. The van der Waals surface area contributed by atoms with Crippen molar-refractivity contribution in [3.05, 3.63) is 28.9 Å². The minimum atomic E-state index is -4.42. The molecule has 0 fully saturated rings. The molecule has 2 aromatic rings. The van der Waals surface area contributed by atoms with E-state index in [2.05, 4.69) is 4.99 Å². The standard InChI is InChI=1S/C14H14ClF3N4O2/c15-7-1-2-8-9(5-7)10(6-11(23)21-13(19)20)22(12(8)24)4-3-14(16,17)18/h1-2,5,24H,3-4,6H2,(H4,19,20,21,23). The lowest BCUT2D eigenvalue weighted by molar-refractivity contribution is -0.136. The van der Waals surface area contributed by atoms with Gasteiger partial charge in [-0.3, -0.25) is 4.79 Å². The maximum Gasteiger partial charge on any atom is 0.390 e. The van der Waals surface area contributed by atoms with Crippen molar-refractivity contribution in [3.63, 3.8) is 0 Å². The van der Waals surface area contributed by atoms with Gasteiger partial charge in [0.25, 0.3) is 5.91 Å². The van der Waals surface area contributed by atoms with Crippen LogP contribution in [-0.4, -0.2) is 27.7 Å². The summed E-state index contributed by atoms with van der Waals surface area (Å²) < 4.78 is 38.6. The molecule has 0 aliphatic rings. The van der Waals surface area contributed by atoms with E-state index in [-0.39, 0.29) is 23.4 Å². The van der Waals surface area contributed by atoms with E-state index in [1.165, 1.54) is 18.2 Å². The topological polar surface area (TPSA) is 107 Å². The Kier molecular flexibility index (Phi) is 4.93. The van der Waals surface area contributed by atoms with Crippen molar-refractivity contribution in [2.45, 2.75) is 25.6 Å². The summed E-state index contributed by atoms with van der Waals surface area (Å²) in [6.45, 7) is -0.550. The molecular weight excluding hydrogens is 349 g/mol. The third-order valence-corrected chi connectivity index (χ3v) is 3.54. The Hall–Kier alpha value is -2.42. The fourth-order valence-corrected chi connectivity index (χ4v) is 2.54. The number of hydrogen-bond acceptors (Lipinski definition) is 2. The maximum atomic E-state index is 12.5. The molecule has 0 saturated carbocycles. The summed E-state index contributed by atoms with van der Waals surface area (Å²) in [6.07, 6.45) is -5.96. The number of nitrogens with zero attached hydrogens (tertiary/aromatic N) is 2. The summed E-state index contributed by atoms with van der Waals surface area (Å²) in [5.74, 6) is -1.58. The molecule has 0 saturated heterocycles. The summed E-state index contributed by atoms with van der Waals surface area (Å²) >= 11 is 5.90. The number of rotatable bonds is 4. The van der Waals surface area contributed by atoms with Crippen LogP contribution < -0.4 is 11.5 Å². The van der Waals surface area contributed by atoms with Crippen LogP contribution in [0.3, 0.4) is 0 Å². The number of alkyl halides is 3. The number of aromatic nitrogens is 1. The van der Waals surface area contributed by atoms with E-state index < -0.39 is 31.0 Å². The molecule has 0 aliphatic carbocycles. The molecule has 1 amide bonds. The predicted molar refractivity (Wildman–Crippen MR) is 83.8 cm³/mol. The highest BCUT2D eigenvalue weighted by Crippen LogP contribution is 2.35. The van der Waals surface area contributed by atoms with Gasteiger partial charge >= 0.3 is 6.18 Å². The summed E-state index contributed by atoms with van der Waals surface area (Å²) in [5.41, 5.74) is 10.4. The van der Waals surface area contributed by atoms with Crippen LogP contribution in [0.5, 0.6) is 5.88 Å². The van der Waals surface area contributed by atoms with Gasteiger partial charge in [-0.15, -0.1) is 0 Å². The van der Waals surface area contributed by atoms with E-state index in [1.54, 1.807) is 0 Å². The van der Waals surface area contributed by atoms with Gasteiger partial charge < -0.3 is 21.1 Å². The lowest BCUT2D eigenvalue weighted by Crippen LogP contribution is -2.25. The average Bonchev–Trinajstić information content (AvgIpc) is 2.67. The molecule has 24 heavy (non-hydrogen) atoms. The summed E-state index contributed by atoms with van der Waals surface area (Å²) in [4.78, 5) is 15.2. The molecule has 0 unspecified atom stereocenters. The van der Waals surface area contributed by atoms with E-state index in [4.69, 9.17) is 23.1 Å². The fourth-order valence-electron chi connectivity index (χ4n) is 2.37. The maximum absolute atomic E-state index is 12.5. The van der Waals surface area contributed by atoms with Gasteiger partial charge in [-0.05, 0) is 18.2 Å². The molecular formula is C14H14ClF3N4O2. The van der Waals surface area contributed by atoms with Gasteiger partial charge in [0.05, 0.1) is 12.8 Å². The second kappa shape index (κ2) is 6.60. The lowest BCUT2D eigenvalue weighted by Gasteiger charge is -2.11.